The standard InChI is InChI=1S/C21H27N5O2/c1-16(2)19(24-21(28)23-17-8-4-3-5-9-17)20(27)26-14-12-25(13-15-26)18-10-6-7-11-22-18/h3-11,16,19H,12-15H2,1-2H3,(H2,23,24,28). The molecule has 0 radical (unpaired) electrons. The van der Waals surface area contributed by atoms with Crippen molar-refractivity contribution in [3.05, 3.63) is 54.7 Å². The van der Waals surface area contributed by atoms with E-state index in [4.69, 9.17) is 0 Å². The maximum absolute atomic E-state index is 13.0. The molecule has 1 aliphatic heterocycles. The van der Waals surface area contributed by atoms with Gasteiger partial charge in [-0.2, -0.15) is 0 Å². The highest BCUT2D eigenvalue weighted by Crippen LogP contribution is 2.15. The highest BCUT2D eigenvalue weighted by atomic mass is 16.2. The first-order chi connectivity index (χ1) is 13.5. The molecule has 7 heteroatoms. The lowest BCUT2D eigenvalue weighted by Crippen LogP contribution is -2.57. The summed E-state index contributed by atoms with van der Waals surface area (Å²) in [6.07, 6.45) is 1.77. The molecule has 0 bridgehead atoms. The molecule has 1 aliphatic rings. The van der Waals surface area contributed by atoms with Gasteiger partial charge in [0.15, 0.2) is 0 Å². The Morgan fingerprint density at radius 3 is 2.25 bits per heavy atom. The largest absolute Gasteiger partial charge is 0.353 e. The van der Waals surface area contributed by atoms with Crippen LogP contribution in [0.5, 0.6) is 0 Å². The number of hydrogen-bond acceptors (Lipinski definition) is 4. The van der Waals surface area contributed by atoms with E-state index in [1.54, 1.807) is 6.20 Å². The summed E-state index contributed by atoms with van der Waals surface area (Å²) in [7, 11) is 0. The van der Waals surface area contributed by atoms with Gasteiger partial charge >= 0.3 is 6.03 Å². The van der Waals surface area contributed by atoms with Crippen LogP contribution in [0.2, 0.25) is 0 Å². The molecule has 3 amide bonds. The van der Waals surface area contributed by atoms with Gasteiger partial charge in [0.2, 0.25) is 5.91 Å². The van der Waals surface area contributed by atoms with Gasteiger partial charge in [-0.15, -0.1) is 0 Å². The van der Waals surface area contributed by atoms with Gasteiger partial charge in [0, 0.05) is 38.1 Å². The van der Waals surface area contributed by atoms with Crippen LogP contribution in [0.15, 0.2) is 54.7 Å². The first kappa shape index (κ1) is 19.7. The molecule has 1 unspecified atom stereocenters. The predicted octanol–water partition coefficient (Wildman–Crippen LogP) is 2.58. The van der Waals surface area contributed by atoms with Crippen molar-refractivity contribution in [1.82, 2.24) is 15.2 Å². The van der Waals surface area contributed by atoms with E-state index in [0.717, 1.165) is 18.9 Å². The molecule has 3 rings (SSSR count). The Morgan fingerprint density at radius 1 is 0.964 bits per heavy atom. The molecule has 1 aromatic heterocycles. The first-order valence-corrected chi connectivity index (χ1v) is 9.62. The average molecular weight is 381 g/mol. The molecule has 28 heavy (non-hydrogen) atoms. The fourth-order valence-corrected chi connectivity index (χ4v) is 3.24. The number of carbonyl (C=O) groups excluding carboxylic acids is 2. The summed E-state index contributed by atoms with van der Waals surface area (Å²) in [6, 6.07) is 14.1. The number of para-hydroxylation sites is 1. The van der Waals surface area contributed by atoms with E-state index in [1.807, 2.05) is 67.3 Å². The second kappa shape index (κ2) is 9.21. The van der Waals surface area contributed by atoms with Crippen molar-refractivity contribution in [3.8, 4) is 0 Å². The van der Waals surface area contributed by atoms with Crippen molar-refractivity contribution < 1.29 is 9.59 Å². The van der Waals surface area contributed by atoms with Crippen molar-refractivity contribution in [2.75, 3.05) is 36.4 Å². The zero-order valence-corrected chi connectivity index (χ0v) is 16.3. The predicted molar refractivity (Wildman–Crippen MR) is 110 cm³/mol. The quantitative estimate of drug-likeness (QED) is 0.835. The van der Waals surface area contributed by atoms with Crippen molar-refractivity contribution in [1.29, 1.82) is 0 Å². The van der Waals surface area contributed by atoms with Crippen LogP contribution >= 0.6 is 0 Å². The van der Waals surface area contributed by atoms with Crippen LogP contribution in [0, 0.1) is 5.92 Å². The summed E-state index contributed by atoms with van der Waals surface area (Å²) in [5.74, 6) is 0.872. The van der Waals surface area contributed by atoms with Crippen molar-refractivity contribution in [3.63, 3.8) is 0 Å². The monoisotopic (exact) mass is 381 g/mol. The number of nitrogens with zero attached hydrogens (tertiary/aromatic N) is 3. The average Bonchev–Trinajstić information content (AvgIpc) is 2.73. The molecule has 2 N–H and O–H groups in total. The summed E-state index contributed by atoms with van der Waals surface area (Å²) in [5.41, 5.74) is 0.693. The number of hydrogen-bond donors (Lipinski definition) is 2. The lowest BCUT2D eigenvalue weighted by atomic mass is 10.0. The van der Waals surface area contributed by atoms with Crippen molar-refractivity contribution >= 4 is 23.4 Å². The first-order valence-electron chi connectivity index (χ1n) is 9.62. The van der Waals surface area contributed by atoms with E-state index in [9.17, 15) is 9.59 Å². The molecule has 1 aromatic carbocycles. The zero-order valence-electron chi connectivity index (χ0n) is 16.3. The van der Waals surface area contributed by atoms with Gasteiger partial charge in [-0.05, 0) is 30.2 Å². The maximum Gasteiger partial charge on any atom is 0.319 e. The van der Waals surface area contributed by atoms with Gasteiger partial charge in [-0.1, -0.05) is 38.1 Å². The molecule has 148 valence electrons. The summed E-state index contributed by atoms with van der Waals surface area (Å²) >= 11 is 0. The highest BCUT2D eigenvalue weighted by Gasteiger charge is 2.31. The Kier molecular flexibility index (Phi) is 6.47. The van der Waals surface area contributed by atoms with Gasteiger partial charge in [0.1, 0.15) is 11.9 Å². The van der Waals surface area contributed by atoms with Gasteiger partial charge < -0.3 is 20.4 Å². The smallest absolute Gasteiger partial charge is 0.319 e. The Labute approximate surface area is 165 Å². The van der Waals surface area contributed by atoms with Crippen LogP contribution in [0.1, 0.15) is 13.8 Å². The molecule has 1 saturated heterocycles. The number of amides is 3. The number of nitrogens with one attached hydrogen (secondary N) is 2. The fraction of sp³-hybridized carbons (Fsp3) is 0.381. The van der Waals surface area contributed by atoms with E-state index in [-0.39, 0.29) is 17.9 Å². The summed E-state index contributed by atoms with van der Waals surface area (Å²) in [6.45, 7) is 6.56. The molecule has 0 spiro atoms. The lowest BCUT2D eigenvalue weighted by Gasteiger charge is -2.37. The molecule has 2 aromatic rings. The summed E-state index contributed by atoms with van der Waals surface area (Å²) in [4.78, 5) is 33.7. The van der Waals surface area contributed by atoms with Gasteiger partial charge in [-0.25, -0.2) is 9.78 Å². The van der Waals surface area contributed by atoms with E-state index in [2.05, 4.69) is 20.5 Å². The normalized spacial score (nSPS) is 15.2. The zero-order chi connectivity index (χ0) is 19.9. The topological polar surface area (TPSA) is 77.6 Å². The van der Waals surface area contributed by atoms with E-state index < -0.39 is 6.04 Å². The molecule has 7 nitrogen and oxygen atoms in total. The number of benzene rings is 1. The summed E-state index contributed by atoms with van der Waals surface area (Å²) < 4.78 is 0. The number of urea groups is 1. The molecular formula is C21H27N5O2. The van der Waals surface area contributed by atoms with Crippen LogP contribution in [0.25, 0.3) is 0 Å². The third kappa shape index (κ3) is 5.00. The Balaban J connectivity index is 1.57. The lowest BCUT2D eigenvalue weighted by molar-refractivity contribution is -0.134. The minimum Gasteiger partial charge on any atom is -0.353 e. The van der Waals surface area contributed by atoms with Crippen LogP contribution in [0.4, 0.5) is 16.3 Å². The minimum atomic E-state index is -0.565. The molecule has 0 saturated carbocycles. The number of piperazine rings is 1. The molecule has 2 heterocycles. The molecular weight excluding hydrogens is 354 g/mol. The van der Waals surface area contributed by atoms with Crippen molar-refractivity contribution in [2.24, 2.45) is 5.92 Å². The van der Waals surface area contributed by atoms with Crippen LogP contribution < -0.4 is 15.5 Å². The maximum atomic E-state index is 13.0. The number of aromatic nitrogens is 1. The van der Waals surface area contributed by atoms with Gasteiger partial charge in [0.25, 0.3) is 0 Å². The second-order valence-electron chi connectivity index (χ2n) is 7.19. The number of carbonyl (C=O) groups is 2. The molecule has 1 fully saturated rings. The highest BCUT2D eigenvalue weighted by molar-refractivity contribution is 5.93. The van der Waals surface area contributed by atoms with E-state index >= 15 is 0 Å². The van der Waals surface area contributed by atoms with E-state index in [1.165, 1.54) is 0 Å². The van der Waals surface area contributed by atoms with Gasteiger partial charge in [-0.3, -0.25) is 4.79 Å². The minimum absolute atomic E-state index is 0.0113. The van der Waals surface area contributed by atoms with Crippen LogP contribution in [0.3, 0.4) is 0 Å². The molecule has 1 atom stereocenters. The number of pyridine rings is 1. The van der Waals surface area contributed by atoms with Crippen LogP contribution in [-0.2, 0) is 4.79 Å². The Hall–Kier alpha value is -3.09. The second-order valence-corrected chi connectivity index (χ2v) is 7.19. The fourth-order valence-electron chi connectivity index (χ4n) is 3.24. The molecule has 0 aliphatic carbocycles. The number of anilines is 2. The van der Waals surface area contributed by atoms with Crippen molar-refractivity contribution in [2.45, 2.75) is 19.9 Å². The number of rotatable bonds is 5. The third-order valence-corrected chi connectivity index (χ3v) is 4.82. The Bertz CT molecular complexity index is 774. The third-order valence-electron chi connectivity index (χ3n) is 4.82. The van der Waals surface area contributed by atoms with Gasteiger partial charge in [0.05, 0.1) is 0 Å². The SMILES string of the molecule is CC(C)C(NC(=O)Nc1ccccc1)C(=O)N1CCN(c2ccccn2)CC1. The summed E-state index contributed by atoms with van der Waals surface area (Å²) in [5, 5.41) is 5.61. The van der Waals surface area contributed by atoms with Crippen LogP contribution in [-0.4, -0.2) is 54.0 Å². The van der Waals surface area contributed by atoms with E-state index in [0.29, 0.717) is 18.8 Å². The Morgan fingerprint density at radius 2 is 1.64 bits per heavy atom.